The van der Waals surface area contributed by atoms with Crippen molar-refractivity contribution in [1.82, 2.24) is 0 Å². The molecule has 0 radical (unpaired) electrons. The van der Waals surface area contributed by atoms with E-state index in [2.05, 4.69) is 16.9 Å². The largest absolute Gasteiger partial charge is 0.507 e. The zero-order valence-corrected chi connectivity index (χ0v) is 18.1. The van der Waals surface area contributed by atoms with Crippen LogP contribution < -0.4 is 4.31 Å². The highest BCUT2D eigenvalue weighted by Crippen LogP contribution is 2.42. The van der Waals surface area contributed by atoms with Gasteiger partial charge in [-0.05, 0) is 73.4 Å². The Balaban J connectivity index is 1.79. The summed E-state index contributed by atoms with van der Waals surface area (Å²) < 4.78 is 33.5. The molecule has 2 aliphatic rings. The number of aryl methyl sites for hydroxylation is 1. The minimum atomic E-state index is -3.93. The molecule has 2 aromatic carbocycles. The van der Waals surface area contributed by atoms with Gasteiger partial charge in [0, 0.05) is 6.04 Å². The number of fused-ring (bicyclic) bond motifs is 1. The first-order valence-corrected chi connectivity index (χ1v) is 11.9. The van der Waals surface area contributed by atoms with Crippen molar-refractivity contribution in [1.29, 1.82) is 0 Å². The summed E-state index contributed by atoms with van der Waals surface area (Å²) >= 11 is 0. The number of benzene rings is 2. The van der Waals surface area contributed by atoms with Crippen molar-refractivity contribution < 1.29 is 23.1 Å². The van der Waals surface area contributed by atoms with Crippen LogP contribution in [0.5, 0.6) is 5.75 Å². The van der Waals surface area contributed by atoms with Gasteiger partial charge in [0.25, 0.3) is 10.0 Å². The second kappa shape index (κ2) is 7.95. The van der Waals surface area contributed by atoms with E-state index in [4.69, 9.17) is 0 Å². The molecule has 0 aromatic heterocycles. The summed E-state index contributed by atoms with van der Waals surface area (Å²) in [6, 6.07) is 9.76. The van der Waals surface area contributed by atoms with Crippen LogP contribution in [0.3, 0.4) is 0 Å². The molecule has 30 heavy (non-hydrogen) atoms. The summed E-state index contributed by atoms with van der Waals surface area (Å²) in [5, 5.41) is 9.97. The third-order valence-electron chi connectivity index (χ3n) is 6.40. The second-order valence-corrected chi connectivity index (χ2v) is 9.90. The Bertz CT molecular complexity index is 1070. The van der Waals surface area contributed by atoms with Crippen molar-refractivity contribution in [3.8, 4) is 5.75 Å². The van der Waals surface area contributed by atoms with Crippen LogP contribution in [0, 0.1) is 0 Å². The molecule has 1 N–H and O–H groups in total. The molecule has 160 valence electrons. The average molecular weight is 430 g/mol. The Morgan fingerprint density at radius 1 is 1.17 bits per heavy atom. The van der Waals surface area contributed by atoms with Gasteiger partial charge in [-0.15, -0.1) is 0 Å². The molecule has 1 aliphatic carbocycles. The molecule has 7 heteroatoms. The normalized spacial score (nSPS) is 19.1. The van der Waals surface area contributed by atoms with Gasteiger partial charge in [-0.25, -0.2) is 13.2 Å². The predicted octanol–water partition coefficient (Wildman–Crippen LogP) is 4.37. The van der Waals surface area contributed by atoms with Gasteiger partial charge < -0.3 is 9.84 Å². The van der Waals surface area contributed by atoms with E-state index in [9.17, 15) is 18.3 Å². The van der Waals surface area contributed by atoms with Crippen LogP contribution in [-0.2, 0) is 21.2 Å². The third-order valence-corrected chi connectivity index (χ3v) is 8.26. The molecule has 1 fully saturated rings. The van der Waals surface area contributed by atoms with Gasteiger partial charge in [0.05, 0.1) is 17.7 Å². The predicted molar refractivity (Wildman–Crippen MR) is 115 cm³/mol. The summed E-state index contributed by atoms with van der Waals surface area (Å²) in [7, 11) is -2.74. The summed E-state index contributed by atoms with van der Waals surface area (Å²) in [5.74, 6) is -0.498. The average Bonchev–Trinajstić information content (AvgIpc) is 2.71. The first kappa shape index (κ1) is 20.7. The van der Waals surface area contributed by atoms with Gasteiger partial charge >= 0.3 is 5.97 Å². The van der Waals surface area contributed by atoms with Crippen molar-refractivity contribution in [2.45, 2.75) is 62.3 Å². The number of hydrogen-bond acceptors (Lipinski definition) is 5. The van der Waals surface area contributed by atoms with E-state index in [-0.39, 0.29) is 22.3 Å². The third kappa shape index (κ3) is 3.45. The smallest absolute Gasteiger partial charge is 0.341 e. The lowest BCUT2D eigenvalue weighted by atomic mass is 9.79. The zero-order valence-electron chi connectivity index (χ0n) is 17.3. The SMILES string of the molecule is CC[C@@H]1CCc2cc(C3CCC3)ccc2N1S(=O)(=O)c1ccc(O)c(C(=O)OC)c1. The first-order chi connectivity index (χ1) is 14.4. The number of carbonyl (C=O) groups excluding carboxylic acids is 1. The highest BCUT2D eigenvalue weighted by atomic mass is 32.2. The first-order valence-electron chi connectivity index (χ1n) is 10.5. The van der Waals surface area contributed by atoms with Crippen molar-refractivity contribution >= 4 is 21.7 Å². The van der Waals surface area contributed by atoms with E-state index in [1.165, 1.54) is 54.4 Å². The van der Waals surface area contributed by atoms with Crippen molar-refractivity contribution in [2.24, 2.45) is 0 Å². The van der Waals surface area contributed by atoms with Crippen LogP contribution in [0.15, 0.2) is 41.3 Å². The van der Waals surface area contributed by atoms with Crippen molar-refractivity contribution in [3.63, 3.8) is 0 Å². The molecule has 0 saturated heterocycles. The number of aromatic hydroxyl groups is 1. The Kier molecular flexibility index (Phi) is 5.49. The number of esters is 1. The van der Waals surface area contributed by atoms with Crippen LogP contribution in [0.25, 0.3) is 0 Å². The van der Waals surface area contributed by atoms with Crippen LogP contribution in [0.4, 0.5) is 5.69 Å². The van der Waals surface area contributed by atoms with Crippen molar-refractivity contribution in [2.75, 3.05) is 11.4 Å². The molecule has 2 aromatic rings. The van der Waals surface area contributed by atoms with Gasteiger partial charge in [0.2, 0.25) is 0 Å². The van der Waals surface area contributed by atoms with Gasteiger partial charge in [-0.2, -0.15) is 0 Å². The highest BCUT2D eigenvalue weighted by Gasteiger charge is 2.36. The molecule has 6 nitrogen and oxygen atoms in total. The number of hydrogen-bond donors (Lipinski definition) is 1. The minimum Gasteiger partial charge on any atom is -0.507 e. The van der Waals surface area contributed by atoms with E-state index in [1.807, 2.05) is 13.0 Å². The topological polar surface area (TPSA) is 83.9 Å². The lowest BCUT2D eigenvalue weighted by Gasteiger charge is -2.38. The minimum absolute atomic E-state index is 0.0323. The molecule has 1 atom stereocenters. The summed E-state index contributed by atoms with van der Waals surface area (Å²) in [4.78, 5) is 11.9. The van der Waals surface area contributed by atoms with Gasteiger partial charge in [0.1, 0.15) is 11.3 Å². The number of nitrogens with zero attached hydrogens (tertiary/aromatic N) is 1. The van der Waals surface area contributed by atoms with Crippen LogP contribution in [0.1, 0.15) is 66.4 Å². The van der Waals surface area contributed by atoms with Crippen LogP contribution in [-0.4, -0.2) is 32.6 Å². The van der Waals surface area contributed by atoms with E-state index >= 15 is 0 Å². The summed E-state index contributed by atoms with van der Waals surface area (Å²) in [6.07, 6.45) is 5.93. The molecule has 1 heterocycles. The van der Waals surface area contributed by atoms with Crippen molar-refractivity contribution in [3.05, 3.63) is 53.1 Å². The summed E-state index contributed by atoms with van der Waals surface area (Å²) in [6.45, 7) is 1.98. The zero-order chi connectivity index (χ0) is 21.5. The number of phenolic OH excluding ortho intramolecular Hbond substituents is 1. The molecule has 0 spiro atoms. The maximum atomic E-state index is 13.7. The lowest BCUT2D eigenvalue weighted by Crippen LogP contribution is -2.43. The fourth-order valence-corrected chi connectivity index (χ4v) is 6.23. The molecule has 0 amide bonds. The van der Waals surface area contributed by atoms with Gasteiger partial charge in [0.15, 0.2) is 0 Å². The molecule has 1 saturated carbocycles. The quantitative estimate of drug-likeness (QED) is 0.714. The number of sulfonamides is 1. The monoisotopic (exact) mass is 429 g/mol. The standard InChI is InChI=1S/C23H27NO5S/c1-3-18-9-7-17-13-16(15-5-4-6-15)8-11-21(17)24(18)30(27,28)19-10-12-22(25)20(14-19)23(26)29-2/h8,10-15,18,25H,3-7,9H2,1-2H3/t18-/m1/s1. The van der Waals surface area contributed by atoms with E-state index in [0.29, 0.717) is 18.0 Å². The summed E-state index contributed by atoms with van der Waals surface area (Å²) in [5.41, 5.74) is 2.90. The Morgan fingerprint density at radius 3 is 2.57 bits per heavy atom. The fraction of sp³-hybridized carbons (Fsp3) is 0.435. The highest BCUT2D eigenvalue weighted by molar-refractivity contribution is 7.92. The molecule has 0 bridgehead atoms. The Morgan fingerprint density at radius 2 is 1.93 bits per heavy atom. The van der Waals surface area contributed by atoms with Crippen LogP contribution in [0.2, 0.25) is 0 Å². The van der Waals surface area contributed by atoms with E-state index in [1.54, 1.807) is 0 Å². The fourth-order valence-electron chi connectivity index (χ4n) is 4.41. The maximum absolute atomic E-state index is 13.7. The molecule has 1 aliphatic heterocycles. The number of ether oxygens (including phenoxy) is 1. The second-order valence-electron chi connectivity index (χ2n) is 8.09. The molecule has 4 rings (SSSR count). The molecular weight excluding hydrogens is 402 g/mol. The number of anilines is 1. The van der Waals surface area contributed by atoms with Crippen LogP contribution >= 0.6 is 0 Å². The Labute approximate surface area is 177 Å². The number of phenols is 1. The number of methoxy groups -OCH3 is 1. The Hall–Kier alpha value is -2.54. The van der Waals surface area contributed by atoms with E-state index in [0.717, 1.165) is 18.4 Å². The number of carbonyl (C=O) groups is 1. The van der Waals surface area contributed by atoms with Gasteiger partial charge in [-0.1, -0.05) is 25.5 Å². The lowest BCUT2D eigenvalue weighted by molar-refractivity contribution is 0.0597. The molecule has 0 unspecified atom stereocenters. The molecular formula is C23H27NO5S. The van der Waals surface area contributed by atoms with Gasteiger partial charge in [-0.3, -0.25) is 4.31 Å². The number of rotatable bonds is 5. The maximum Gasteiger partial charge on any atom is 0.341 e. The van der Waals surface area contributed by atoms with E-state index < -0.39 is 16.0 Å².